The summed E-state index contributed by atoms with van der Waals surface area (Å²) in [7, 11) is 0. The van der Waals surface area contributed by atoms with Crippen molar-refractivity contribution >= 4 is 11.9 Å². The molecule has 170 valence electrons. The van der Waals surface area contributed by atoms with Crippen LogP contribution in [0.1, 0.15) is 28.9 Å². The molecule has 0 spiro atoms. The van der Waals surface area contributed by atoms with Gasteiger partial charge in [-0.1, -0.05) is 91.0 Å². The van der Waals surface area contributed by atoms with Crippen LogP contribution >= 0.6 is 0 Å². The molecule has 0 saturated carbocycles. The highest BCUT2D eigenvalue weighted by Crippen LogP contribution is 2.32. The lowest BCUT2D eigenvalue weighted by molar-refractivity contribution is -0.139. The number of hydrogen-bond acceptors (Lipinski definition) is 4. The van der Waals surface area contributed by atoms with Crippen molar-refractivity contribution in [2.24, 2.45) is 0 Å². The van der Waals surface area contributed by atoms with Crippen LogP contribution in [0.4, 0.5) is 0 Å². The summed E-state index contributed by atoms with van der Waals surface area (Å²) in [5.41, 5.74) is 1.85. The summed E-state index contributed by atoms with van der Waals surface area (Å²) in [5, 5.41) is 16.9. The Bertz CT molecular complexity index is 1370. The van der Waals surface area contributed by atoms with Gasteiger partial charge in [-0.2, -0.15) is 5.10 Å². The van der Waals surface area contributed by atoms with Crippen molar-refractivity contribution in [3.63, 3.8) is 0 Å². The lowest BCUT2D eigenvalue weighted by Gasteiger charge is -2.19. The van der Waals surface area contributed by atoms with Crippen LogP contribution < -0.4 is 10.9 Å². The first-order valence-electron chi connectivity index (χ1n) is 10.9. The van der Waals surface area contributed by atoms with E-state index in [4.69, 9.17) is 0 Å². The molecule has 4 rings (SSSR count). The summed E-state index contributed by atoms with van der Waals surface area (Å²) in [6.45, 7) is 2.01. The van der Waals surface area contributed by atoms with Crippen LogP contribution in [-0.4, -0.2) is 26.8 Å². The number of aryl methyl sites for hydroxylation is 1. The lowest BCUT2D eigenvalue weighted by atomic mass is 9.94. The molecule has 2 N–H and O–H groups in total. The Morgan fingerprint density at radius 3 is 1.94 bits per heavy atom. The van der Waals surface area contributed by atoms with Gasteiger partial charge < -0.3 is 10.4 Å². The Hall–Kier alpha value is -4.52. The first kappa shape index (κ1) is 22.7. The molecule has 1 amide bonds. The average molecular weight is 453 g/mol. The molecule has 4 aromatic rings. The monoisotopic (exact) mass is 453 g/mol. The molecule has 1 atom stereocenters. The van der Waals surface area contributed by atoms with Gasteiger partial charge in [-0.15, -0.1) is 0 Å². The van der Waals surface area contributed by atoms with E-state index >= 15 is 0 Å². The number of rotatable bonds is 7. The fourth-order valence-electron chi connectivity index (χ4n) is 3.82. The van der Waals surface area contributed by atoms with E-state index < -0.39 is 23.5 Å². The number of hydrogen-bond donors (Lipinski definition) is 2. The van der Waals surface area contributed by atoms with Gasteiger partial charge in [0.15, 0.2) is 6.04 Å². The van der Waals surface area contributed by atoms with E-state index in [0.29, 0.717) is 22.4 Å². The zero-order valence-corrected chi connectivity index (χ0v) is 18.5. The standard InChI is InChI=1S/C27H23N3O4/c1-2-30-26(32)22(25(31)28-24(27(33)34)20-16-10-5-11-17-20)21(18-12-6-3-7-13-18)23(29-30)19-14-8-4-9-15-19/h3-17,24H,2H2,1H3,(H,28,31)(H,33,34)/t24-/m0/s1. The molecule has 0 bridgehead atoms. The van der Waals surface area contributed by atoms with E-state index in [1.165, 1.54) is 4.68 Å². The minimum absolute atomic E-state index is 0.149. The quantitative estimate of drug-likeness (QED) is 0.438. The maximum atomic E-state index is 13.6. The number of carbonyl (C=O) groups is 2. The van der Waals surface area contributed by atoms with E-state index in [9.17, 15) is 19.5 Å². The van der Waals surface area contributed by atoms with E-state index in [2.05, 4.69) is 10.4 Å². The van der Waals surface area contributed by atoms with E-state index in [1.807, 2.05) is 36.4 Å². The Morgan fingerprint density at radius 1 is 0.882 bits per heavy atom. The molecule has 1 aromatic heterocycles. The molecule has 0 radical (unpaired) electrons. The fourth-order valence-corrected chi connectivity index (χ4v) is 3.82. The largest absolute Gasteiger partial charge is 0.479 e. The minimum atomic E-state index is -1.32. The van der Waals surface area contributed by atoms with E-state index in [1.54, 1.807) is 61.5 Å². The summed E-state index contributed by atoms with van der Waals surface area (Å²) in [5.74, 6) is -2.00. The van der Waals surface area contributed by atoms with Gasteiger partial charge in [-0.3, -0.25) is 9.59 Å². The van der Waals surface area contributed by atoms with Crippen LogP contribution in [0.25, 0.3) is 22.4 Å². The molecule has 3 aromatic carbocycles. The van der Waals surface area contributed by atoms with Gasteiger partial charge in [-0.05, 0) is 18.1 Å². The second kappa shape index (κ2) is 9.95. The number of amides is 1. The van der Waals surface area contributed by atoms with Crippen molar-refractivity contribution in [3.05, 3.63) is 112 Å². The molecule has 34 heavy (non-hydrogen) atoms. The summed E-state index contributed by atoms with van der Waals surface area (Å²) in [6.07, 6.45) is 0. The van der Waals surface area contributed by atoms with Gasteiger partial charge in [0, 0.05) is 17.7 Å². The molecule has 7 heteroatoms. The van der Waals surface area contributed by atoms with Gasteiger partial charge in [0.05, 0.1) is 5.69 Å². The number of aliphatic carboxylic acids is 1. The molecule has 0 unspecified atom stereocenters. The zero-order valence-electron chi connectivity index (χ0n) is 18.5. The number of nitrogens with zero attached hydrogens (tertiary/aromatic N) is 2. The summed E-state index contributed by atoms with van der Waals surface area (Å²) in [4.78, 5) is 39.0. The number of carboxylic acid groups (broad SMARTS) is 1. The third-order valence-electron chi connectivity index (χ3n) is 5.45. The Kier molecular flexibility index (Phi) is 6.64. The Balaban J connectivity index is 1.95. The van der Waals surface area contributed by atoms with Crippen LogP contribution in [-0.2, 0) is 11.3 Å². The molecule has 1 heterocycles. The van der Waals surface area contributed by atoms with Gasteiger partial charge in [0.1, 0.15) is 5.56 Å². The van der Waals surface area contributed by atoms with Gasteiger partial charge >= 0.3 is 5.97 Å². The molecule has 7 nitrogen and oxygen atoms in total. The number of nitrogens with one attached hydrogen (secondary N) is 1. The van der Waals surface area contributed by atoms with Crippen LogP contribution in [0.5, 0.6) is 0 Å². The van der Waals surface area contributed by atoms with E-state index in [-0.39, 0.29) is 12.1 Å². The SMILES string of the molecule is CCn1nc(-c2ccccc2)c(-c2ccccc2)c(C(=O)N[C@H](C(=O)O)c2ccccc2)c1=O. The summed E-state index contributed by atoms with van der Waals surface area (Å²) < 4.78 is 1.22. The summed E-state index contributed by atoms with van der Waals surface area (Å²) >= 11 is 0. The molecule has 0 aliphatic heterocycles. The number of benzene rings is 3. The predicted octanol–water partition coefficient (Wildman–Crippen LogP) is 4.15. The molecule has 0 fully saturated rings. The Labute approximate surface area is 196 Å². The normalized spacial score (nSPS) is 11.6. The zero-order chi connectivity index (χ0) is 24.1. The third kappa shape index (κ3) is 4.49. The fraction of sp³-hybridized carbons (Fsp3) is 0.111. The van der Waals surface area contributed by atoms with Crippen LogP contribution in [0.2, 0.25) is 0 Å². The van der Waals surface area contributed by atoms with Gasteiger partial charge in [0.25, 0.3) is 11.5 Å². The molecular weight excluding hydrogens is 430 g/mol. The third-order valence-corrected chi connectivity index (χ3v) is 5.45. The molecule has 0 aliphatic rings. The highest BCUT2D eigenvalue weighted by Gasteiger charge is 2.29. The smallest absolute Gasteiger partial charge is 0.330 e. The van der Waals surface area contributed by atoms with Crippen molar-refractivity contribution in [1.29, 1.82) is 0 Å². The second-order valence-corrected chi connectivity index (χ2v) is 7.61. The maximum absolute atomic E-state index is 13.6. The van der Waals surface area contributed by atoms with Crippen LogP contribution in [0.15, 0.2) is 95.8 Å². The van der Waals surface area contributed by atoms with Gasteiger partial charge in [0.2, 0.25) is 0 Å². The second-order valence-electron chi connectivity index (χ2n) is 7.61. The topological polar surface area (TPSA) is 101 Å². The van der Waals surface area contributed by atoms with Crippen molar-refractivity contribution in [1.82, 2.24) is 15.1 Å². The van der Waals surface area contributed by atoms with Crippen molar-refractivity contribution in [2.75, 3.05) is 0 Å². The van der Waals surface area contributed by atoms with Crippen molar-refractivity contribution in [3.8, 4) is 22.4 Å². The number of aromatic nitrogens is 2. The lowest BCUT2D eigenvalue weighted by Crippen LogP contribution is -2.39. The minimum Gasteiger partial charge on any atom is -0.479 e. The van der Waals surface area contributed by atoms with Gasteiger partial charge in [-0.25, -0.2) is 9.48 Å². The van der Waals surface area contributed by atoms with E-state index in [0.717, 1.165) is 5.56 Å². The highest BCUT2D eigenvalue weighted by molar-refractivity contribution is 6.05. The van der Waals surface area contributed by atoms with Crippen LogP contribution in [0, 0.1) is 0 Å². The maximum Gasteiger partial charge on any atom is 0.330 e. The van der Waals surface area contributed by atoms with Crippen LogP contribution in [0.3, 0.4) is 0 Å². The average Bonchev–Trinajstić information content (AvgIpc) is 2.88. The first-order chi connectivity index (χ1) is 16.5. The van der Waals surface area contributed by atoms with Crippen molar-refractivity contribution in [2.45, 2.75) is 19.5 Å². The molecule has 0 saturated heterocycles. The first-order valence-corrected chi connectivity index (χ1v) is 10.9. The molecular formula is C27H23N3O4. The Morgan fingerprint density at radius 2 is 1.41 bits per heavy atom. The number of carboxylic acids is 1. The number of carbonyl (C=O) groups excluding carboxylic acids is 1. The molecule has 0 aliphatic carbocycles. The highest BCUT2D eigenvalue weighted by atomic mass is 16.4. The predicted molar refractivity (Wildman–Crippen MR) is 129 cm³/mol. The summed E-state index contributed by atoms with van der Waals surface area (Å²) in [6, 6.07) is 25.4. The van der Waals surface area contributed by atoms with Crippen molar-refractivity contribution < 1.29 is 14.7 Å².